The van der Waals surface area contributed by atoms with Gasteiger partial charge in [-0.2, -0.15) is 0 Å². The first-order valence-electron chi connectivity index (χ1n) is 10.4. The van der Waals surface area contributed by atoms with Gasteiger partial charge in [-0.05, 0) is 49.2 Å². The van der Waals surface area contributed by atoms with E-state index < -0.39 is 0 Å². The minimum absolute atomic E-state index is 0.129. The van der Waals surface area contributed by atoms with Crippen molar-refractivity contribution in [1.82, 2.24) is 9.47 Å². The standard InChI is InChI=1S/C24H20BrN3O2S2/c25-17-8-9-20-19(13-17)16(14-27(20)15-22(29)26-10-4-5-11-26)12-21-23(30)28(24(31)32-21)18-6-2-1-3-7-18/h1-3,6-9,12-14H,4-5,10-11,15H2/b21-12-. The van der Waals surface area contributed by atoms with Gasteiger partial charge in [0.25, 0.3) is 5.91 Å². The van der Waals surface area contributed by atoms with E-state index in [-0.39, 0.29) is 18.4 Å². The Hall–Kier alpha value is -2.42. The summed E-state index contributed by atoms with van der Waals surface area (Å²) >= 11 is 10.3. The summed E-state index contributed by atoms with van der Waals surface area (Å²) in [6.07, 6.45) is 5.98. The SMILES string of the molecule is O=C(Cn1cc(/C=C2\SC(=S)N(c3ccccc3)C2=O)c2cc(Br)ccc21)N1CCCC1. The molecule has 0 unspecified atom stereocenters. The maximum Gasteiger partial charge on any atom is 0.270 e. The Bertz CT molecular complexity index is 1260. The lowest BCUT2D eigenvalue weighted by atomic mass is 10.1. The molecule has 3 aromatic rings. The topological polar surface area (TPSA) is 45.6 Å². The molecule has 0 bridgehead atoms. The third kappa shape index (κ3) is 4.02. The van der Waals surface area contributed by atoms with E-state index in [1.165, 1.54) is 11.8 Å². The number of hydrogen-bond acceptors (Lipinski definition) is 4. The molecule has 2 aliphatic heterocycles. The summed E-state index contributed by atoms with van der Waals surface area (Å²) in [5, 5.41) is 0.985. The van der Waals surface area contributed by atoms with Gasteiger partial charge in [0.05, 0.1) is 10.6 Å². The third-order valence-corrected chi connectivity index (χ3v) is 7.53. The fourth-order valence-corrected chi connectivity index (χ4v) is 5.81. The van der Waals surface area contributed by atoms with Crippen molar-refractivity contribution in [1.29, 1.82) is 0 Å². The van der Waals surface area contributed by atoms with Gasteiger partial charge in [-0.3, -0.25) is 14.5 Å². The van der Waals surface area contributed by atoms with Crippen LogP contribution in [0.2, 0.25) is 0 Å². The minimum atomic E-state index is -0.129. The molecular formula is C24H20BrN3O2S2. The number of para-hydroxylation sites is 1. The van der Waals surface area contributed by atoms with Crippen LogP contribution < -0.4 is 4.90 Å². The van der Waals surface area contributed by atoms with Crippen LogP contribution in [0, 0.1) is 0 Å². The summed E-state index contributed by atoms with van der Waals surface area (Å²) in [6.45, 7) is 1.95. The molecule has 0 saturated carbocycles. The number of benzene rings is 2. The zero-order chi connectivity index (χ0) is 22.2. The van der Waals surface area contributed by atoms with Crippen LogP contribution in [-0.2, 0) is 16.1 Å². The van der Waals surface area contributed by atoms with Crippen molar-refractivity contribution in [3.05, 3.63) is 69.7 Å². The van der Waals surface area contributed by atoms with Crippen molar-refractivity contribution in [3.63, 3.8) is 0 Å². The Morgan fingerprint density at radius 2 is 1.88 bits per heavy atom. The first-order chi connectivity index (χ1) is 15.5. The number of likely N-dealkylation sites (tertiary alicyclic amines) is 1. The van der Waals surface area contributed by atoms with E-state index in [4.69, 9.17) is 12.2 Å². The number of rotatable bonds is 4. The lowest BCUT2D eigenvalue weighted by Gasteiger charge is -2.16. The molecule has 32 heavy (non-hydrogen) atoms. The second-order valence-corrected chi connectivity index (χ2v) is 10.4. The number of carbonyl (C=O) groups is 2. The van der Waals surface area contributed by atoms with E-state index in [0.29, 0.717) is 9.23 Å². The molecule has 2 amide bonds. The van der Waals surface area contributed by atoms with Gasteiger partial charge < -0.3 is 9.47 Å². The zero-order valence-electron chi connectivity index (χ0n) is 17.2. The molecule has 0 N–H and O–H groups in total. The maximum absolute atomic E-state index is 13.2. The first kappa shape index (κ1) is 21.4. The van der Waals surface area contributed by atoms with Crippen LogP contribution in [0.4, 0.5) is 5.69 Å². The number of carbonyl (C=O) groups excluding carboxylic acids is 2. The highest BCUT2D eigenvalue weighted by molar-refractivity contribution is 9.10. The highest BCUT2D eigenvalue weighted by Crippen LogP contribution is 2.37. The first-order valence-corrected chi connectivity index (χ1v) is 12.4. The average molecular weight is 526 g/mol. The van der Waals surface area contributed by atoms with E-state index >= 15 is 0 Å². The Morgan fingerprint density at radius 3 is 2.62 bits per heavy atom. The van der Waals surface area contributed by atoms with Crippen molar-refractivity contribution in [3.8, 4) is 0 Å². The molecule has 1 aromatic heterocycles. The zero-order valence-corrected chi connectivity index (χ0v) is 20.4. The van der Waals surface area contributed by atoms with Crippen molar-refractivity contribution in [2.45, 2.75) is 19.4 Å². The molecule has 3 heterocycles. The van der Waals surface area contributed by atoms with Crippen molar-refractivity contribution >= 4 is 78.7 Å². The minimum Gasteiger partial charge on any atom is -0.341 e. The molecule has 2 aliphatic rings. The summed E-state index contributed by atoms with van der Waals surface area (Å²) in [6, 6.07) is 15.4. The van der Waals surface area contributed by atoms with E-state index in [2.05, 4.69) is 15.9 Å². The van der Waals surface area contributed by atoms with Crippen molar-refractivity contribution in [2.75, 3.05) is 18.0 Å². The van der Waals surface area contributed by atoms with Gasteiger partial charge in [0.2, 0.25) is 5.91 Å². The number of thioether (sulfide) groups is 1. The molecular weight excluding hydrogens is 506 g/mol. The van der Waals surface area contributed by atoms with Gasteiger partial charge in [-0.1, -0.05) is 58.1 Å². The van der Waals surface area contributed by atoms with Crippen LogP contribution in [-0.4, -0.2) is 38.7 Å². The fourth-order valence-electron chi connectivity index (χ4n) is 4.16. The van der Waals surface area contributed by atoms with E-state index in [9.17, 15) is 9.59 Å². The number of thiocarbonyl (C=S) groups is 1. The lowest BCUT2D eigenvalue weighted by Crippen LogP contribution is -2.30. The van der Waals surface area contributed by atoms with Gasteiger partial charge in [0.15, 0.2) is 4.32 Å². The Balaban J connectivity index is 1.50. The van der Waals surface area contributed by atoms with E-state index in [0.717, 1.165) is 52.6 Å². The number of aromatic nitrogens is 1. The normalized spacial score (nSPS) is 17.8. The molecule has 2 fully saturated rings. The number of amides is 2. The molecule has 0 atom stereocenters. The Kier molecular flexibility index (Phi) is 5.92. The molecule has 8 heteroatoms. The molecule has 162 valence electrons. The summed E-state index contributed by atoms with van der Waals surface area (Å²) in [5.41, 5.74) is 2.62. The maximum atomic E-state index is 13.2. The summed E-state index contributed by atoms with van der Waals surface area (Å²) in [4.78, 5) is 30.0. The summed E-state index contributed by atoms with van der Waals surface area (Å²) in [5.74, 6) is -0.000454. The lowest BCUT2D eigenvalue weighted by molar-refractivity contribution is -0.130. The highest BCUT2D eigenvalue weighted by atomic mass is 79.9. The summed E-state index contributed by atoms with van der Waals surface area (Å²) < 4.78 is 3.44. The number of fused-ring (bicyclic) bond motifs is 1. The van der Waals surface area contributed by atoms with Crippen molar-refractivity contribution < 1.29 is 9.59 Å². The van der Waals surface area contributed by atoms with Gasteiger partial charge >= 0.3 is 0 Å². The number of anilines is 1. The molecule has 0 aliphatic carbocycles. The van der Waals surface area contributed by atoms with Crippen LogP contribution in [0.25, 0.3) is 17.0 Å². The fraction of sp³-hybridized carbons (Fsp3) is 0.208. The molecule has 0 radical (unpaired) electrons. The Morgan fingerprint density at radius 1 is 1.12 bits per heavy atom. The monoisotopic (exact) mass is 525 g/mol. The number of nitrogens with zero attached hydrogens (tertiary/aromatic N) is 3. The molecule has 0 spiro atoms. The summed E-state index contributed by atoms with van der Waals surface area (Å²) in [7, 11) is 0. The molecule has 2 saturated heterocycles. The van der Waals surface area contributed by atoms with Gasteiger partial charge in [-0.15, -0.1) is 0 Å². The average Bonchev–Trinajstić information content (AvgIpc) is 3.49. The van der Waals surface area contributed by atoms with Crippen LogP contribution in [0.5, 0.6) is 0 Å². The quantitative estimate of drug-likeness (QED) is 0.336. The highest BCUT2D eigenvalue weighted by Gasteiger charge is 2.33. The smallest absolute Gasteiger partial charge is 0.270 e. The van der Waals surface area contributed by atoms with E-state index in [1.807, 2.05) is 70.3 Å². The predicted molar refractivity (Wildman–Crippen MR) is 138 cm³/mol. The van der Waals surface area contributed by atoms with Gasteiger partial charge in [0.1, 0.15) is 6.54 Å². The van der Waals surface area contributed by atoms with Crippen LogP contribution in [0.15, 0.2) is 64.1 Å². The van der Waals surface area contributed by atoms with Gasteiger partial charge in [0, 0.05) is 40.2 Å². The molecule has 5 rings (SSSR count). The molecule has 5 nitrogen and oxygen atoms in total. The van der Waals surface area contributed by atoms with E-state index in [1.54, 1.807) is 4.90 Å². The van der Waals surface area contributed by atoms with Crippen LogP contribution in [0.3, 0.4) is 0 Å². The van der Waals surface area contributed by atoms with Crippen LogP contribution >= 0.6 is 39.9 Å². The molecule has 2 aromatic carbocycles. The second kappa shape index (κ2) is 8.84. The number of hydrogen-bond donors (Lipinski definition) is 0. The second-order valence-electron chi connectivity index (χ2n) is 7.81. The largest absolute Gasteiger partial charge is 0.341 e. The third-order valence-electron chi connectivity index (χ3n) is 5.73. The van der Waals surface area contributed by atoms with Gasteiger partial charge in [-0.25, -0.2) is 0 Å². The van der Waals surface area contributed by atoms with Crippen molar-refractivity contribution in [2.24, 2.45) is 0 Å². The van der Waals surface area contributed by atoms with Crippen LogP contribution in [0.1, 0.15) is 18.4 Å². The number of halogens is 1. The predicted octanol–water partition coefficient (Wildman–Crippen LogP) is 5.43. The Labute approximate surface area is 204 Å².